The molecule has 2 aliphatic rings. The highest BCUT2D eigenvalue weighted by atomic mass is 19.1. The average molecular weight is 444 g/mol. The van der Waals surface area contributed by atoms with Gasteiger partial charge in [0.1, 0.15) is 11.6 Å². The number of likely N-dealkylation sites (tertiary alicyclic amines) is 1. The van der Waals surface area contributed by atoms with Crippen LogP contribution in [0.3, 0.4) is 0 Å². The second-order valence-electron chi connectivity index (χ2n) is 9.94. The molecular formula is C25H34FN3O3. The van der Waals surface area contributed by atoms with Gasteiger partial charge in [0.15, 0.2) is 5.78 Å². The number of piperidine rings is 1. The van der Waals surface area contributed by atoms with Crippen LogP contribution in [0.25, 0.3) is 0 Å². The van der Waals surface area contributed by atoms with E-state index in [1.54, 1.807) is 17.9 Å². The Morgan fingerprint density at radius 3 is 2.44 bits per heavy atom. The monoisotopic (exact) mass is 443 g/mol. The number of ether oxygens (including phenoxy) is 1. The van der Waals surface area contributed by atoms with E-state index in [0.29, 0.717) is 38.2 Å². The summed E-state index contributed by atoms with van der Waals surface area (Å²) in [6, 6.07) is 8.36. The SMILES string of the molecule is CC(=O)c1ccc2n1CC(C)(C)NC21CCN(C(=O)c2ccc(OC(C)C)cc2F)CC1.[HH]. The molecule has 3 heterocycles. The lowest BCUT2D eigenvalue weighted by Gasteiger charge is -2.51. The van der Waals surface area contributed by atoms with Gasteiger partial charge < -0.3 is 14.2 Å². The lowest BCUT2D eigenvalue weighted by Crippen LogP contribution is -2.63. The van der Waals surface area contributed by atoms with Crippen molar-refractivity contribution in [2.45, 2.75) is 71.2 Å². The van der Waals surface area contributed by atoms with Gasteiger partial charge in [0, 0.05) is 45.3 Å². The molecule has 0 unspecified atom stereocenters. The minimum Gasteiger partial charge on any atom is -0.491 e. The second kappa shape index (κ2) is 8.03. The number of carbonyl (C=O) groups excluding carboxylic acids is 2. The largest absolute Gasteiger partial charge is 0.491 e. The van der Waals surface area contributed by atoms with Gasteiger partial charge in [0.25, 0.3) is 5.91 Å². The number of ketones is 1. The van der Waals surface area contributed by atoms with Crippen molar-refractivity contribution >= 4 is 11.7 Å². The Bertz CT molecular complexity index is 1060. The van der Waals surface area contributed by atoms with Crippen molar-refractivity contribution in [1.29, 1.82) is 0 Å². The standard InChI is InChI=1S/C25H32FN3O3.H2/c1-16(2)32-18-6-7-19(20(26)14-18)23(31)28-12-10-25(11-13-28)22-9-8-21(17(3)30)29(22)15-24(4,5)27-25;/h6-9,14,16,27H,10-13,15H2,1-5H3;1H. The van der Waals surface area contributed by atoms with Crippen molar-refractivity contribution < 1.29 is 20.1 Å². The fraction of sp³-hybridized carbons (Fsp3) is 0.520. The number of Topliss-reactive ketones (excluding diaryl/α,β-unsaturated/α-hetero) is 1. The summed E-state index contributed by atoms with van der Waals surface area (Å²) < 4.78 is 22.3. The molecule has 0 atom stereocenters. The van der Waals surface area contributed by atoms with Gasteiger partial charge in [-0.05, 0) is 64.8 Å². The van der Waals surface area contributed by atoms with Gasteiger partial charge in [-0.15, -0.1) is 0 Å². The molecule has 1 spiro atoms. The fourth-order valence-corrected chi connectivity index (χ4v) is 5.17. The minimum atomic E-state index is -0.565. The number of rotatable bonds is 4. The first kappa shape index (κ1) is 22.5. The minimum absolute atomic E-state index is 0. The maximum absolute atomic E-state index is 14.7. The van der Waals surface area contributed by atoms with Crippen LogP contribution in [0.1, 0.15) is 75.4 Å². The van der Waals surface area contributed by atoms with Crippen molar-refractivity contribution in [3.63, 3.8) is 0 Å². The number of hydrogen-bond donors (Lipinski definition) is 1. The summed E-state index contributed by atoms with van der Waals surface area (Å²) in [7, 11) is 0. The highest BCUT2D eigenvalue weighted by Gasteiger charge is 2.46. The maximum atomic E-state index is 14.7. The third-order valence-corrected chi connectivity index (χ3v) is 6.41. The molecule has 4 rings (SSSR count). The molecule has 1 amide bonds. The van der Waals surface area contributed by atoms with Crippen molar-refractivity contribution in [2.75, 3.05) is 13.1 Å². The number of nitrogens with one attached hydrogen (secondary N) is 1. The van der Waals surface area contributed by atoms with Crippen molar-refractivity contribution in [3.05, 3.63) is 53.1 Å². The lowest BCUT2D eigenvalue weighted by molar-refractivity contribution is 0.0515. The summed E-state index contributed by atoms with van der Waals surface area (Å²) in [6.07, 6.45) is 1.32. The number of aromatic nitrogens is 1. The van der Waals surface area contributed by atoms with Crippen LogP contribution in [0.15, 0.2) is 30.3 Å². The third kappa shape index (κ3) is 4.06. The zero-order valence-electron chi connectivity index (χ0n) is 19.5. The molecule has 1 fully saturated rings. The Morgan fingerprint density at radius 2 is 1.84 bits per heavy atom. The Labute approximate surface area is 190 Å². The van der Waals surface area contributed by atoms with Crippen LogP contribution in [0.4, 0.5) is 4.39 Å². The molecule has 1 N–H and O–H groups in total. The Morgan fingerprint density at radius 1 is 1.16 bits per heavy atom. The molecular weight excluding hydrogens is 409 g/mol. The van der Waals surface area contributed by atoms with E-state index < -0.39 is 5.82 Å². The molecule has 7 heteroatoms. The zero-order valence-corrected chi connectivity index (χ0v) is 19.5. The second-order valence-corrected chi connectivity index (χ2v) is 9.94. The van der Waals surface area contributed by atoms with Crippen molar-refractivity contribution in [2.24, 2.45) is 0 Å². The summed E-state index contributed by atoms with van der Waals surface area (Å²) >= 11 is 0. The maximum Gasteiger partial charge on any atom is 0.256 e. The van der Waals surface area contributed by atoms with Crippen LogP contribution in [0, 0.1) is 5.82 Å². The van der Waals surface area contributed by atoms with Gasteiger partial charge in [-0.1, -0.05) is 0 Å². The summed E-state index contributed by atoms with van der Waals surface area (Å²) in [5.41, 5.74) is 1.37. The summed E-state index contributed by atoms with van der Waals surface area (Å²) in [4.78, 5) is 26.9. The first-order chi connectivity index (χ1) is 15.0. The van der Waals surface area contributed by atoms with E-state index in [-0.39, 0.29) is 35.9 Å². The first-order valence-corrected chi connectivity index (χ1v) is 11.3. The van der Waals surface area contributed by atoms with E-state index in [4.69, 9.17) is 4.74 Å². The van der Waals surface area contributed by atoms with E-state index in [1.165, 1.54) is 12.1 Å². The number of benzene rings is 1. The number of hydrogen-bond acceptors (Lipinski definition) is 4. The first-order valence-electron chi connectivity index (χ1n) is 11.3. The topological polar surface area (TPSA) is 63.6 Å². The number of halogens is 1. The molecule has 0 saturated carbocycles. The summed E-state index contributed by atoms with van der Waals surface area (Å²) in [5.74, 6) is -0.395. The molecule has 32 heavy (non-hydrogen) atoms. The van der Waals surface area contributed by atoms with E-state index in [1.807, 2.05) is 26.0 Å². The highest BCUT2D eigenvalue weighted by molar-refractivity contribution is 5.95. The van der Waals surface area contributed by atoms with Crippen molar-refractivity contribution in [1.82, 2.24) is 14.8 Å². The van der Waals surface area contributed by atoms with Crippen LogP contribution >= 0.6 is 0 Å². The number of fused-ring (bicyclic) bond motifs is 2. The van der Waals surface area contributed by atoms with Gasteiger partial charge in [-0.25, -0.2) is 4.39 Å². The summed E-state index contributed by atoms with van der Waals surface area (Å²) in [5, 5.41) is 3.79. The van der Waals surface area contributed by atoms with Crippen LogP contribution < -0.4 is 10.1 Å². The van der Waals surface area contributed by atoms with Crippen LogP contribution in [-0.2, 0) is 12.1 Å². The van der Waals surface area contributed by atoms with Crippen molar-refractivity contribution in [3.8, 4) is 5.75 Å². The number of nitrogens with zero attached hydrogens (tertiary/aromatic N) is 2. The highest BCUT2D eigenvalue weighted by Crippen LogP contribution is 2.40. The van der Waals surface area contributed by atoms with Gasteiger partial charge in [0.05, 0.1) is 22.9 Å². The predicted octanol–water partition coefficient (Wildman–Crippen LogP) is 4.38. The average Bonchev–Trinajstić information content (AvgIpc) is 3.11. The predicted molar refractivity (Wildman–Crippen MR) is 123 cm³/mol. The normalized spacial score (nSPS) is 19.2. The number of amides is 1. The van der Waals surface area contributed by atoms with Crippen LogP contribution in [0.5, 0.6) is 5.75 Å². The number of carbonyl (C=O) groups is 2. The van der Waals surface area contributed by atoms with Gasteiger partial charge >= 0.3 is 0 Å². The molecule has 0 aliphatic carbocycles. The smallest absolute Gasteiger partial charge is 0.256 e. The molecule has 1 aromatic heterocycles. The van der Waals surface area contributed by atoms with E-state index in [9.17, 15) is 14.0 Å². The lowest BCUT2D eigenvalue weighted by atomic mass is 9.79. The van der Waals surface area contributed by atoms with Gasteiger partial charge in [-0.2, -0.15) is 0 Å². The van der Waals surface area contributed by atoms with Gasteiger partial charge in [0.2, 0.25) is 0 Å². The zero-order chi connectivity index (χ0) is 23.3. The Hall–Kier alpha value is -2.67. The van der Waals surface area contributed by atoms with Crippen LogP contribution in [0.2, 0.25) is 0 Å². The summed E-state index contributed by atoms with van der Waals surface area (Å²) in [6.45, 7) is 11.3. The van der Waals surface area contributed by atoms with Crippen LogP contribution in [-0.4, -0.2) is 45.9 Å². The van der Waals surface area contributed by atoms with E-state index >= 15 is 0 Å². The van der Waals surface area contributed by atoms with Gasteiger partial charge in [-0.3, -0.25) is 14.9 Å². The fourth-order valence-electron chi connectivity index (χ4n) is 5.17. The van der Waals surface area contributed by atoms with E-state index in [2.05, 4.69) is 23.7 Å². The Kier molecular flexibility index (Phi) is 5.65. The quantitative estimate of drug-likeness (QED) is 0.713. The molecule has 0 radical (unpaired) electrons. The molecule has 1 saturated heterocycles. The third-order valence-electron chi connectivity index (χ3n) is 6.41. The molecule has 174 valence electrons. The molecule has 2 aliphatic heterocycles. The molecule has 0 bridgehead atoms. The molecule has 6 nitrogen and oxygen atoms in total. The molecule has 2 aromatic rings. The van der Waals surface area contributed by atoms with E-state index in [0.717, 1.165) is 11.4 Å². The Balaban J connectivity index is 0.00000306. The molecule has 1 aromatic carbocycles.